The standard InChI is InChI=1S/C33H43N3O4.C31H42N2O4.2C29H36N2O2/c1-31(2,3)40-30(37)36(27-13-14-28(38-23-19-34)26-11-5-4-10-25(26)27)21-17-32(29-12-6-9-20-35-29)18-22-39-33(24-32)15-7-8-16-33;1-29(2,3)37-28(35)33(25-13-14-26(34)24-11-5-4-10-23(24)25)20-17-30(27-12-6-9-19-32-27)18-21-36-31(22-30)15-7-8-16-31;2*30-18-21-32-26-13-12-23(24-9-1-2-10-25(24)26)8-7-14-28(27-11-3-6-19-31-27)17-20-33-29(22-28)15-4-5-16-29/h4-6,9-12,20,27-28H,7-8,13-18,21-24H2,1-3H3;4-6,9-12,19,25-26,34H,7-8,13-18,20-22H2,1-3H3;2*1-3,6,9-11,19,23,26H,4-5,7-8,12-17,20-22H2/t27-,28-,32+;25-,26-,30+;2*23-,26-,28+/m0000/s1. The topological polar surface area (TPSA) is 267 Å². The highest BCUT2D eigenvalue weighted by atomic mass is 16.6. The van der Waals surface area contributed by atoms with E-state index in [-0.39, 0.29) is 106 Å². The van der Waals surface area contributed by atoms with Gasteiger partial charge in [0.1, 0.15) is 31.0 Å². The molecule has 8 aliphatic carbocycles. The number of aliphatic hydroxyl groups excluding tert-OH is 1. The van der Waals surface area contributed by atoms with Crippen LogP contribution in [0.3, 0.4) is 0 Å². The van der Waals surface area contributed by atoms with Crippen LogP contribution in [0.25, 0.3) is 0 Å². The van der Waals surface area contributed by atoms with Crippen molar-refractivity contribution in [1.82, 2.24) is 29.7 Å². The average molecular weight is 1940 g/mol. The lowest BCUT2D eigenvalue weighted by atomic mass is 9.66. The number of pyridine rings is 4. The molecular weight excluding hydrogens is 1780 g/mol. The van der Waals surface area contributed by atoms with Crippen molar-refractivity contribution in [1.29, 1.82) is 15.8 Å². The predicted octanol–water partition coefficient (Wildman–Crippen LogP) is 27.4. The van der Waals surface area contributed by atoms with Gasteiger partial charge in [0.2, 0.25) is 0 Å². The SMILES string of the molecule is CC(C)(C)OC(=O)N(CC[C@@]1(c2ccccn2)CCOC2(CCCC2)C1)[C@H]1CC[C@H](O)c2ccccc21.CC(C)(C)OC(=O)N(CC[C@@]1(c2ccccn2)CCOC2(CCCC2)C1)[C@H]1CC[C@H](OCC#N)c2ccccc21.N#CCO[C@H]1CC[C@H](CCC[C@@]2(c3ccccn3)CCOC3(CCCC3)C2)c2ccccc21.N#CCO[C@H]1CC[C@H](CCC[C@@]2(c3ccccn3)CCOC3(CCCC3)C2)c2ccccc21. The number of amides is 2. The first-order valence-corrected chi connectivity index (χ1v) is 54.6. The third-order valence-corrected chi connectivity index (χ3v) is 34.6. The van der Waals surface area contributed by atoms with Crippen molar-refractivity contribution in [2.75, 3.05) is 59.3 Å². The molecule has 8 fully saturated rings. The van der Waals surface area contributed by atoms with Crippen LogP contribution in [0.5, 0.6) is 0 Å². The maximum Gasteiger partial charge on any atom is 0.410 e. The smallest absolute Gasteiger partial charge is 0.410 e. The normalized spacial score (nSPS) is 27.2. The monoisotopic (exact) mass is 1940 g/mol. The predicted molar refractivity (Wildman–Crippen MR) is 554 cm³/mol. The number of nitriles is 3. The maximum absolute atomic E-state index is 13.9. The van der Waals surface area contributed by atoms with Crippen molar-refractivity contribution < 1.29 is 57.3 Å². The van der Waals surface area contributed by atoms with E-state index in [4.69, 9.17) is 78.4 Å². The average Bonchev–Trinajstić information content (AvgIpc) is 1.75. The Bertz CT molecular complexity index is 5400. The Labute approximate surface area is 851 Å². The number of carbonyl (C=O) groups is 2. The van der Waals surface area contributed by atoms with Gasteiger partial charge in [0.05, 0.1) is 77.1 Å². The minimum Gasteiger partial charge on any atom is -0.444 e. The van der Waals surface area contributed by atoms with Crippen molar-refractivity contribution in [3.05, 3.63) is 262 Å². The van der Waals surface area contributed by atoms with E-state index in [0.29, 0.717) is 44.4 Å². The van der Waals surface area contributed by atoms with Gasteiger partial charge in [-0.2, -0.15) is 15.8 Å². The summed E-state index contributed by atoms with van der Waals surface area (Å²) < 4.78 is 55.3. The molecule has 8 aromatic rings. The first kappa shape index (κ1) is 105. The Balaban J connectivity index is 0.000000131. The molecule has 0 radical (unpaired) electrons. The third kappa shape index (κ3) is 25.2. The van der Waals surface area contributed by atoms with Gasteiger partial charge in [-0.1, -0.05) is 186 Å². The zero-order chi connectivity index (χ0) is 99.4. The van der Waals surface area contributed by atoms with Crippen molar-refractivity contribution >= 4 is 12.2 Å². The van der Waals surface area contributed by atoms with Crippen LogP contribution in [0.4, 0.5) is 9.59 Å². The van der Waals surface area contributed by atoms with Gasteiger partial charge < -0.3 is 57.5 Å². The Hall–Kier alpha value is -9.83. The van der Waals surface area contributed by atoms with E-state index >= 15 is 0 Å². The van der Waals surface area contributed by atoms with Gasteiger partial charge >= 0.3 is 12.2 Å². The minimum atomic E-state index is -0.604. The molecule has 0 unspecified atom stereocenters. The number of aromatic nitrogens is 4. The van der Waals surface area contributed by atoms with Crippen LogP contribution in [-0.2, 0) is 64.3 Å². The molecule has 21 nitrogen and oxygen atoms in total. The summed E-state index contributed by atoms with van der Waals surface area (Å²) in [6.07, 6.45) is 49.8. The lowest BCUT2D eigenvalue weighted by molar-refractivity contribution is -0.106. The quantitative estimate of drug-likeness (QED) is 0.0528. The van der Waals surface area contributed by atoms with Crippen LogP contribution in [0.2, 0.25) is 0 Å². The number of ether oxygens (including phenoxy) is 9. The Kier molecular flexibility index (Phi) is 34.6. The second-order valence-corrected chi connectivity index (χ2v) is 45.9. The summed E-state index contributed by atoms with van der Waals surface area (Å²) in [5.41, 5.74) is 13.0. The van der Waals surface area contributed by atoms with E-state index in [9.17, 15) is 14.7 Å². The van der Waals surface area contributed by atoms with Crippen LogP contribution in [0, 0.1) is 34.0 Å². The summed E-state index contributed by atoms with van der Waals surface area (Å²) in [4.78, 5) is 50.9. The number of aliphatic hydroxyl groups is 1. The molecule has 12 atom stereocenters. The summed E-state index contributed by atoms with van der Waals surface area (Å²) in [6.45, 7) is 16.2. The fourth-order valence-electron chi connectivity index (χ4n) is 27.9. The summed E-state index contributed by atoms with van der Waals surface area (Å²) in [5, 5.41) is 37.7. The Morgan fingerprint density at radius 1 is 0.350 bits per heavy atom. The van der Waals surface area contributed by atoms with E-state index in [1.165, 1.54) is 149 Å². The van der Waals surface area contributed by atoms with Crippen LogP contribution < -0.4 is 0 Å². The van der Waals surface area contributed by atoms with Crippen LogP contribution in [-0.4, -0.2) is 140 Å². The molecule has 12 aliphatic rings. The number of hydrogen-bond acceptors (Lipinski definition) is 19. The molecule has 4 saturated carbocycles. The molecule has 762 valence electrons. The van der Waals surface area contributed by atoms with Crippen molar-refractivity contribution in [3.8, 4) is 18.2 Å². The molecular formula is C122H157N9O12. The van der Waals surface area contributed by atoms with Crippen LogP contribution in [0.1, 0.15) is 414 Å². The number of rotatable bonds is 26. The zero-order valence-corrected chi connectivity index (χ0v) is 86.2. The largest absolute Gasteiger partial charge is 0.444 e. The molecule has 1 N–H and O–H groups in total. The molecule has 20 rings (SSSR count). The molecule has 21 heteroatoms. The van der Waals surface area contributed by atoms with Crippen LogP contribution in [0.15, 0.2) is 195 Å². The molecule has 4 spiro atoms. The third-order valence-electron chi connectivity index (χ3n) is 34.6. The highest BCUT2D eigenvalue weighted by molar-refractivity contribution is 5.70. The molecule has 4 aromatic heterocycles. The van der Waals surface area contributed by atoms with Gasteiger partial charge in [-0.3, -0.25) is 19.9 Å². The molecule has 4 aliphatic heterocycles. The number of carbonyl (C=O) groups excluding carboxylic acids is 2. The highest BCUT2D eigenvalue weighted by Crippen LogP contribution is 2.58. The lowest BCUT2D eigenvalue weighted by Gasteiger charge is -2.47. The summed E-state index contributed by atoms with van der Waals surface area (Å²) >= 11 is 0. The lowest BCUT2D eigenvalue weighted by Crippen LogP contribution is -2.49. The molecule has 4 saturated heterocycles. The van der Waals surface area contributed by atoms with E-state index in [1.54, 1.807) is 0 Å². The second-order valence-electron chi connectivity index (χ2n) is 45.9. The molecule has 2 amide bonds. The first-order chi connectivity index (χ1) is 69.4. The zero-order valence-electron chi connectivity index (χ0n) is 86.2. The molecule has 8 heterocycles. The summed E-state index contributed by atoms with van der Waals surface area (Å²) in [7, 11) is 0. The molecule has 4 aromatic carbocycles. The van der Waals surface area contributed by atoms with Gasteiger partial charge in [-0.05, 0) is 339 Å². The Morgan fingerprint density at radius 2 is 0.622 bits per heavy atom. The van der Waals surface area contributed by atoms with Crippen molar-refractivity contribution in [2.45, 2.75) is 402 Å². The summed E-state index contributed by atoms with van der Waals surface area (Å²) in [5.74, 6) is 1.15. The minimum absolute atomic E-state index is 0.0515. The first-order valence-electron chi connectivity index (χ1n) is 54.6. The second kappa shape index (κ2) is 47.3. The number of fused-ring (bicyclic) bond motifs is 4. The number of hydrogen-bond donors (Lipinski definition) is 1. The van der Waals surface area contributed by atoms with Gasteiger partial charge in [-0.25, -0.2) is 9.59 Å². The number of nitrogens with zero attached hydrogens (tertiary/aromatic N) is 9. The van der Waals surface area contributed by atoms with Crippen molar-refractivity contribution in [3.63, 3.8) is 0 Å². The highest BCUT2D eigenvalue weighted by Gasteiger charge is 2.55. The summed E-state index contributed by atoms with van der Waals surface area (Å²) in [6, 6.07) is 65.0. The van der Waals surface area contributed by atoms with Crippen LogP contribution >= 0.6 is 0 Å². The van der Waals surface area contributed by atoms with Gasteiger partial charge in [0.15, 0.2) is 0 Å². The van der Waals surface area contributed by atoms with Gasteiger partial charge in [0.25, 0.3) is 0 Å². The van der Waals surface area contributed by atoms with Crippen molar-refractivity contribution in [2.24, 2.45) is 0 Å². The fourth-order valence-corrected chi connectivity index (χ4v) is 27.9. The molecule has 0 bridgehead atoms. The van der Waals surface area contributed by atoms with E-state index in [0.717, 1.165) is 182 Å². The van der Waals surface area contributed by atoms with E-state index < -0.39 is 17.3 Å². The van der Waals surface area contributed by atoms with E-state index in [1.807, 2.05) is 131 Å². The molecule has 143 heavy (non-hydrogen) atoms. The van der Waals surface area contributed by atoms with E-state index in [2.05, 4.69) is 133 Å². The number of benzene rings is 4. The van der Waals surface area contributed by atoms with Gasteiger partial charge in [-0.15, -0.1) is 0 Å². The Morgan fingerprint density at radius 3 is 0.930 bits per heavy atom. The maximum atomic E-state index is 13.9. The fraction of sp³-hybridized carbons (Fsp3) is 0.598. The van der Waals surface area contributed by atoms with Gasteiger partial charge in [0, 0.05) is 109 Å².